The summed E-state index contributed by atoms with van der Waals surface area (Å²) in [6.07, 6.45) is 2.28. The second-order valence-corrected chi connectivity index (χ2v) is 9.70. The van der Waals surface area contributed by atoms with E-state index in [4.69, 9.17) is 18.9 Å². The van der Waals surface area contributed by atoms with Crippen LogP contribution in [0.1, 0.15) is 85.5 Å². The maximum absolute atomic E-state index is 12.3. The second kappa shape index (κ2) is 12.9. The minimum absolute atomic E-state index is 0.0406. The molecule has 2 aliphatic heterocycles. The third-order valence-electron chi connectivity index (χ3n) is 6.56. The SMILES string of the molecule is COc1cc(C(=O)N2CCCC2)ccc1C(C)C.COc1cc(C2COCCO2)ccc1C(C)C. The van der Waals surface area contributed by atoms with E-state index in [9.17, 15) is 4.79 Å². The molecule has 1 amide bonds. The average molecular weight is 484 g/mol. The molecule has 0 spiro atoms. The van der Waals surface area contributed by atoms with Gasteiger partial charge < -0.3 is 23.8 Å². The van der Waals surface area contributed by atoms with E-state index in [2.05, 4.69) is 45.9 Å². The van der Waals surface area contributed by atoms with Crippen molar-refractivity contribution in [2.75, 3.05) is 47.1 Å². The van der Waals surface area contributed by atoms with Crippen LogP contribution < -0.4 is 9.47 Å². The van der Waals surface area contributed by atoms with E-state index in [1.807, 2.05) is 23.1 Å². The molecular weight excluding hydrogens is 442 g/mol. The fraction of sp³-hybridized carbons (Fsp3) is 0.552. The third-order valence-corrected chi connectivity index (χ3v) is 6.56. The Labute approximate surface area is 210 Å². The zero-order chi connectivity index (χ0) is 25.4. The van der Waals surface area contributed by atoms with E-state index < -0.39 is 0 Å². The first-order chi connectivity index (χ1) is 16.8. The number of rotatable bonds is 6. The van der Waals surface area contributed by atoms with Gasteiger partial charge in [-0.1, -0.05) is 45.9 Å². The molecule has 1 unspecified atom stereocenters. The molecule has 2 saturated heterocycles. The maximum Gasteiger partial charge on any atom is 0.253 e. The van der Waals surface area contributed by atoms with Crippen LogP contribution in [0.25, 0.3) is 0 Å². The zero-order valence-electron chi connectivity index (χ0n) is 22.1. The van der Waals surface area contributed by atoms with Crippen molar-refractivity contribution in [3.63, 3.8) is 0 Å². The van der Waals surface area contributed by atoms with Gasteiger partial charge in [0.15, 0.2) is 0 Å². The van der Waals surface area contributed by atoms with Crippen molar-refractivity contribution in [2.45, 2.75) is 58.5 Å². The third kappa shape index (κ3) is 6.98. The molecule has 35 heavy (non-hydrogen) atoms. The summed E-state index contributed by atoms with van der Waals surface area (Å²) < 4.78 is 21.9. The minimum atomic E-state index is 0.0406. The normalized spacial score (nSPS) is 17.8. The van der Waals surface area contributed by atoms with E-state index in [1.54, 1.807) is 14.2 Å². The van der Waals surface area contributed by atoms with Crippen molar-refractivity contribution in [1.82, 2.24) is 4.90 Å². The number of amides is 1. The predicted molar refractivity (Wildman–Crippen MR) is 139 cm³/mol. The Bertz CT molecular complexity index is 960. The van der Waals surface area contributed by atoms with Crippen molar-refractivity contribution in [3.8, 4) is 11.5 Å². The van der Waals surface area contributed by atoms with E-state index in [0.717, 1.165) is 54.1 Å². The number of hydrogen-bond donors (Lipinski definition) is 0. The molecule has 2 heterocycles. The lowest BCUT2D eigenvalue weighted by Gasteiger charge is -2.24. The lowest BCUT2D eigenvalue weighted by molar-refractivity contribution is -0.0902. The number of nitrogens with zero attached hydrogens (tertiary/aromatic N) is 1. The van der Waals surface area contributed by atoms with Crippen molar-refractivity contribution in [2.24, 2.45) is 0 Å². The predicted octanol–water partition coefficient (Wildman–Crippen LogP) is 5.96. The largest absolute Gasteiger partial charge is 0.496 e. The minimum Gasteiger partial charge on any atom is -0.496 e. The van der Waals surface area contributed by atoms with Gasteiger partial charge in [0.05, 0.1) is 34.0 Å². The van der Waals surface area contributed by atoms with Gasteiger partial charge in [-0.15, -0.1) is 0 Å². The van der Waals surface area contributed by atoms with E-state index >= 15 is 0 Å². The van der Waals surface area contributed by atoms with Gasteiger partial charge in [0.2, 0.25) is 0 Å². The smallest absolute Gasteiger partial charge is 0.253 e. The Morgan fingerprint density at radius 3 is 2.03 bits per heavy atom. The molecule has 6 nitrogen and oxygen atoms in total. The van der Waals surface area contributed by atoms with Crippen LogP contribution in [0.5, 0.6) is 11.5 Å². The molecule has 0 aromatic heterocycles. The Kier molecular flexibility index (Phi) is 9.99. The van der Waals surface area contributed by atoms with Gasteiger partial charge >= 0.3 is 0 Å². The molecule has 0 saturated carbocycles. The fourth-order valence-corrected chi connectivity index (χ4v) is 4.51. The van der Waals surface area contributed by atoms with Crippen LogP contribution >= 0.6 is 0 Å². The van der Waals surface area contributed by atoms with Gasteiger partial charge in [0, 0.05) is 18.7 Å². The zero-order valence-corrected chi connectivity index (χ0v) is 22.1. The summed E-state index contributed by atoms with van der Waals surface area (Å²) in [6, 6.07) is 12.1. The molecular formula is C29H41NO5. The summed E-state index contributed by atoms with van der Waals surface area (Å²) in [6.45, 7) is 12.3. The Hall–Kier alpha value is -2.57. The Balaban J connectivity index is 0.000000196. The maximum atomic E-state index is 12.3. The van der Waals surface area contributed by atoms with Crippen LogP contribution in [0.15, 0.2) is 36.4 Å². The lowest BCUT2D eigenvalue weighted by Crippen LogP contribution is -2.27. The molecule has 2 fully saturated rings. The molecule has 1 atom stereocenters. The number of ether oxygens (including phenoxy) is 4. The number of carbonyl (C=O) groups excluding carboxylic acids is 1. The van der Waals surface area contributed by atoms with Gasteiger partial charge in [-0.2, -0.15) is 0 Å². The number of benzene rings is 2. The quantitative estimate of drug-likeness (QED) is 0.507. The Morgan fingerprint density at radius 1 is 0.886 bits per heavy atom. The van der Waals surface area contributed by atoms with Crippen LogP contribution in [0.2, 0.25) is 0 Å². The van der Waals surface area contributed by atoms with Crippen LogP contribution in [0.4, 0.5) is 0 Å². The van der Waals surface area contributed by atoms with Crippen LogP contribution in [-0.4, -0.2) is 57.9 Å². The van der Waals surface area contributed by atoms with E-state index in [0.29, 0.717) is 31.7 Å². The van der Waals surface area contributed by atoms with Gasteiger partial charge in [-0.25, -0.2) is 0 Å². The summed E-state index contributed by atoms with van der Waals surface area (Å²) in [5, 5.41) is 0. The van der Waals surface area contributed by atoms with Gasteiger partial charge in [0.1, 0.15) is 17.6 Å². The molecule has 0 N–H and O–H groups in total. The molecule has 0 radical (unpaired) electrons. The number of hydrogen-bond acceptors (Lipinski definition) is 5. The molecule has 6 heteroatoms. The Morgan fingerprint density at radius 2 is 1.49 bits per heavy atom. The highest BCUT2D eigenvalue weighted by Gasteiger charge is 2.21. The van der Waals surface area contributed by atoms with Gasteiger partial charge in [-0.05, 0) is 59.6 Å². The highest BCUT2D eigenvalue weighted by atomic mass is 16.6. The van der Waals surface area contributed by atoms with Crippen LogP contribution in [0, 0.1) is 0 Å². The first kappa shape index (κ1) is 27.0. The highest BCUT2D eigenvalue weighted by molar-refractivity contribution is 5.95. The average Bonchev–Trinajstić information content (AvgIpc) is 3.43. The highest BCUT2D eigenvalue weighted by Crippen LogP contribution is 2.31. The van der Waals surface area contributed by atoms with Crippen LogP contribution in [0.3, 0.4) is 0 Å². The summed E-state index contributed by atoms with van der Waals surface area (Å²) >= 11 is 0. The van der Waals surface area contributed by atoms with Crippen molar-refractivity contribution >= 4 is 5.91 Å². The molecule has 0 aliphatic carbocycles. The first-order valence-electron chi connectivity index (χ1n) is 12.7. The number of likely N-dealkylation sites (tertiary alicyclic amines) is 1. The fourth-order valence-electron chi connectivity index (χ4n) is 4.51. The molecule has 0 bridgehead atoms. The topological polar surface area (TPSA) is 57.2 Å². The monoisotopic (exact) mass is 483 g/mol. The molecule has 192 valence electrons. The molecule has 2 aliphatic rings. The standard InChI is InChI=1S/C15H21NO2.C14H20O3/c1-11(2)13-7-6-12(10-14(13)18-3)15(17)16-8-4-5-9-16;1-10(2)12-5-4-11(8-13(12)15-3)14-9-16-6-7-17-14/h6-7,10-11H,4-5,8-9H2,1-3H3;4-5,8,10,14H,6-7,9H2,1-3H3. The van der Waals surface area contributed by atoms with Crippen molar-refractivity contribution < 1.29 is 23.7 Å². The van der Waals surface area contributed by atoms with Gasteiger partial charge in [-0.3, -0.25) is 4.79 Å². The van der Waals surface area contributed by atoms with Crippen LogP contribution in [-0.2, 0) is 9.47 Å². The number of methoxy groups -OCH3 is 2. The summed E-state index contributed by atoms with van der Waals surface area (Å²) in [5.41, 5.74) is 4.24. The summed E-state index contributed by atoms with van der Waals surface area (Å²) in [4.78, 5) is 14.2. The molecule has 2 aromatic rings. The summed E-state index contributed by atoms with van der Waals surface area (Å²) in [5.74, 6) is 2.74. The lowest BCUT2D eigenvalue weighted by atomic mass is 9.98. The van der Waals surface area contributed by atoms with Crippen molar-refractivity contribution in [1.29, 1.82) is 0 Å². The number of carbonyl (C=O) groups is 1. The van der Waals surface area contributed by atoms with E-state index in [1.165, 1.54) is 5.56 Å². The van der Waals surface area contributed by atoms with Crippen molar-refractivity contribution in [3.05, 3.63) is 58.7 Å². The first-order valence-corrected chi connectivity index (χ1v) is 12.7. The van der Waals surface area contributed by atoms with Gasteiger partial charge in [0.25, 0.3) is 5.91 Å². The molecule has 2 aromatic carbocycles. The summed E-state index contributed by atoms with van der Waals surface area (Å²) in [7, 11) is 3.37. The second-order valence-electron chi connectivity index (χ2n) is 9.70. The molecule has 4 rings (SSSR count). The van der Waals surface area contributed by atoms with E-state index in [-0.39, 0.29) is 12.0 Å².